The molecule has 0 fully saturated rings. The number of rotatable bonds is 4. The molecule has 0 atom stereocenters. The van der Waals surface area contributed by atoms with Gasteiger partial charge in [0.25, 0.3) is 0 Å². The van der Waals surface area contributed by atoms with Gasteiger partial charge in [0.2, 0.25) is 5.91 Å². The molecule has 3 aromatic rings. The molecule has 0 saturated heterocycles. The smallest absolute Gasteiger partial charge is 0.224 e. The second-order valence-corrected chi connectivity index (χ2v) is 6.32. The van der Waals surface area contributed by atoms with Crippen LogP contribution in [0, 0.1) is 12.8 Å². The molecular formula is C19H21N3O. The summed E-state index contributed by atoms with van der Waals surface area (Å²) in [4.78, 5) is 16.4. The lowest BCUT2D eigenvalue weighted by Gasteiger charge is -2.07. The second-order valence-electron chi connectivity index (χ2n) is 6.32. The highest BCUT2D eigenvalue weighted by molar-refractivity contribution is 5.91. The third-order valence-corrected chi connectivity index (χ3v) is 3.66. The van der Waals surface area contributed by atoms with Crippen LogP contribution in [0.1, 0.15) is 25.8 Å². The zero-order valence-electron chi connectivity index (χ0n) is 13.7. The second kappa shape index (κ2) is 6.24. The molecule has 4 nitrogen and oxygen atoms in total. The van der Waals surface area contributed by atoms with Crippen molar-refractivity contribution in [2.24, 2.45) is 5.92 Å². The van der Waals surface area contributed by atoms with Gasteiger partial charge in [-0.3, -0.25) is 4.79 Å². The molecule has 0 bridgehead atoms. The Hall–Kier alpha value is -2.62. The van der Waals surface area contributed by atoms with E-state index < -0.39 is 0 Å². The number of hydrogen-bond acceptors (Lipinski definition) is 2. The summed E-state index contributed by atoms with van der Waals surface area (Å²) in [5, 5.41) is 2.92. The summed E-state index contributed by atoms with van der Waals surface area (Å²) in [5.74, 6) is 0.409. The van der Waals surface area contributed by atoms with Crippen LogP contribution in [-0.2, 0) is 4.79 Å². The van der Waals surface area contributed by atoms with Gasteiger partial charge >= 0.3 is 0 Å². The molecule has 118 valence electrons. The highest BCUT2D eigenvalue weighted by Gasteiger charge is 2.07. The van der Waals surface area contributed by atoms with Crippen molar-refractivity contribution in [1.29, 1.82) is 0 Å². The largest absolute Gasteiger partial charge is 0.326 e. The lowest BCUT2D eigenvalue weighted by atomic mass is 10.1. The monoisotopic (exact) mass is 307 g/mol. The summed E-state index contributed by atoms with van der Waals surface area (Å²) in [6.07, 6.45) is 4.62. The van der Waals surface area contributed by atoms with E-state index in [1.807, 2.05) is 54.8 Å². The Kier molecular flexibility index (Phi) is 4.15. The number of benzene rings is 1. The van der Waals surface area contributed by atoms with Crippen LogP contribution in [0.3, 0.4) is 0 Å². The zero-order valence-corrected chi connectivity index (χ0v) is 13.7. The van der Waals surface area contributed by atoms with Crippen LogP contribution in [0.2, 0.25) is 0 Å². The number of aromatic nitrogens is 2. The normalized spacial score (nSPS) is 11.1. The molecular weight excluding hydrogens is 286 g/mol. The topological polar surface area (TPSA) is 46.4 Å². The quantitative estimate of drug-likeness (QED) is 0.781. The number of fused-ring (bicyclic) bond motifs is 1. The molecule has 0 unspecified atom stereocenters. The van der Waals surface area contributed by atoms with E-state index >= 15 is 0 Å². The van der Waals surface area contributed by atoms with Gasteiger partial charge in [-0.2, -0.15) is 0 Å². The number of amides is 1. The van der Waals surface area contributed by atoms with E-state index in [0.29, 0.717) is 12.3 Å². The Morgan fingerprint density at radius 3 is 2.57 bits per heavy atom. The number of hydrogen-bond donors (Lipinski definition) is 1. The molecule has 0 aliphatic heterocycles. The lowest BCUT2D eigenvalue weighted by Crippen LogP contribution is -2.13. The maximum atomic E-state index is 11.8. The summed E-state index contributed by atoms with van der Waals surface area (Å²) >= 11 is 0. The van der Waals surface area contributed by atoms with Crippen LogP contribution in [0.15, 0.2) is 48.8 Å². The molecule has 2 aromatic heterocycles. The SMILES string of the molecule is Cc1ccc2nc(-c3ccc(NC(=O)CC(C)C)cc3)cn2c1. The van der Waals surface area contributed by atoms with Crippen molar-refractivity contribution in [2.45, 2.75) is 27.2 Å². The van der Waals surface area contributed by atoms with E-state index in [1.165, 1.54) is 5.56 Å². The number of pyridine rings is 1. The number of nitrogens with one attached hydrogen (secondary N) is 1. The third kappa shape index (κ3) is 3.59. The molecule has 0 saturated carbocycles. The number of imidazole rings is 1. The maximum absolute atomic E-state index is 11.8. The van der Waals surface area contributed by atoms with Crippen LogP contribution >= 0.6 is 0 Å². The van der Waals surface area contributed by atoms with Crippen molar-refractivity contribution in [2.75, 3.05) is 5.32 Å². The van der Waals surface area contributed by atoms with E-state index in [9.17, 15) is 4.79 Å². The highest BCUT2D eigenvalue weighted by atomic mass is 16.1. The average Bonchev–Trinajstić information content (AvgIpc) is 2.90. The first-order valence-corrected chi connectivity index (χ1v) is 7.87. The van der Waals surface area contributed by atoms with Gasteiger partial charge in [-0.1, -0.05) is 32.0 Å². The fourth-order valence-corrected chi connectivity index (χ4v) is 2.55. The lowest BCUT2D eigenvalue weighted by molar-refractivity contribution is -0.116. The molecule has 1 amide bonds. The number of carbonyl (C=O) groups is 1. The van der Waals surface area contributed by atoms with Gasteiger partial charge in [0.1, 0.15) is 5.65 Å². The first-order valence-electron chi connectivity index (χ1n) is 7.87. The maximum Gasteiger partial charge on any atom is 0.224 e. The van der Waals surface area contributed by atoms with E-state index in [2.05, 4.69) is 29.5 Å². The predicted octanol–water partition coefficient (Wildman–Crippen LogP) is 4.29. The predicted molar refractivity (Wildman–Crippen MR) is 93.4 cm³/mol. The van der Waals surface area contributed by atoms with Crippen molar-refractivity contribution >= 4 is 17.2 Å². The van der Waals surface area contributed by atoms with Gasteiger partial charge in [0.05, 0.1) is 5.69 Å². The average molecular weight is 307 g/mol. The van der Waals surface area contributed by atoms with Gasteiger partial charge in [-0.05, 0) is 36.6 Å². The summed E-state index contributed by atoms with van der Waals surface area (Å²) in [6.45, 7) is 6.13. The summed E-state index contributed by atoms with van der Waals surface area (Å²) in [6, 6.07) is 11.9. The number of aryl methyl sites for hydroxylation is 1. The molecule has 0 aliphatic rings. The van der Waals surface area contributed by atoms with Crippen LogP contribution in [0.25, 0.3) is 16.9 Å². The van der Waals surface area contributed by atoms with Gasteiger partial charge < -0.3 is 9.72 Å². The molecule has 3 rings (SSSR count). The van der Waals surface area contributed by atoms with E-state index in [4.69, 9.17) is 0 Å². The minimum absolute atomic E-state index is 0.0518. The Bertz CT molecular complexity index is 831. The summed E-state index contributed by atoms with van der Waals surface area (Å²) in [7, 11) is 0. The zero-order chi connectivity index (χ0) is 16.4. The van der Waals surface area contributed by atoms with E-state index in [1.54, 1.807) is 0 Å². The first-order chi connectivity index (χ1) is 11.0. The van der Waals surface area contributed by atoms with Gasteiger partial charge in [-0.25, -0.2) is 4.98 Å². The van der Waals surface area contributed by atoms with Crippen LogP contribution in [0.5, 0.6) is 0 Å². The molecule has 1 aromatic carbocycles. The van der Waals surface area contributed by atoms with Gasteiger partial charge in [0.15, 0.2) is 0 Å². The van der Waals surface area contributed by atoms with Crippen LogP contribution in [-0.4, -0.2) is 15.3 Å². The minimum atomic E-state index is 0.0518. The van der Waals surface area contributed by atoms with E-state index in [0.717, 1.165) is 22.6 Å². The Morgan fingerprint density at radius 1 is 1.13 bits per heavy atom. The molecule has 2 heterocycles. The molecule has 0 spiro atoms. The number of anilines is 1. The highest BCUT2D eigenvalue weighted by Crippen LogP contribution is 2.22. The summed E-state index contributed by atoms with van der Waals surface area (Å²) < 4.78 is 2.03. The summed E-state index contributed by atoms with van der Waals surface area (Å²) in [5.41, 5.74) is 4.91. The van der Waals surface area contributed by atoms with Crippen molar-refractivity contribution < 1.29 is 4.79 Å². The number of nitrogens with zero attached hydrogens (tertiary/aromatic N) is 2. The molecule has 23 heavy (non-hydrogen) atoms. The minimum Gasteiger partial charge on any atom is -0.326 e. The Balaban J connectivity index is 1.79. The standard InChI is InChI=1S/C19H21N3O/c1-13(2)10-19(23)20-16-7-5-15(6-8-16)17-12-22-11-14(3)4-9-18(22)21-17/h4-9,11-13H,10H2,1-3H3,(H,20,23). The van der Waals surface area contributed by atoms with Crippen molar-refractivity contribution in [3.63, 3.8) is 0 Å². The molecule has 4 heteroatoms. The van der Waals surface area contributed by atoms with Crippen LogP contribution in [0.4, 0.5) is 5.69 Å². The molecule has 0 aliphatic carbocycles. The third-order valence-electron chi connectivity index (χ3n) is 3.66. The van der Waals surface area contributed by atoms with Gasteiger partial charge in [-0.15, -0.1) is 0 Å². The fourth-order valence-electron chi connectivity index (χ4n) is 2.55. The van der Waals surface area contributed by atoms with Crippen molar-refractivity contribution in [3.8, 4) is 11.3 Å². The number of carbonyl (C=O) groups excluding carboxylic acids is 1. The van der Waals surface area contributed by atoms with Crippen LogP contribution < -0.4 is 5.32 Å². The van der Waals surface area contributed by atoms with Crippen molar-refractivity contribution in [1.82, 2.24) is 9.38 Å². The Labute approximate surface area is 136 Å². The molecule has 1 N–H and O–H groups in total. The molecule has 0 radical (unpaired) electrons. The van der Waals surface area contributed by atoms with E-state index in [-0.39, 0.29) is 5.91 Å². The first kappa shape index (κ1) is 15.3. The fraction of sp³-hybridized carbons (Fsp3) is 0.263. The van der Waals surface area contributed by atoms with Crippen molar-refractivity contribution in [3.05, 3.63) is 54.4 Å². The Morgan fingerprint density at radius 2 is 1.87 bits per heavy atom. The van der Waals surface area contributed by atoms with Gasteiger partial charge in [0, 0.05) is 30.1 Å².